The molecule has 0 aliphatic heterocycles. The van der Waals surface area contributed by atoms with Gasteiger partial charge in [0.05, 0.1) is 28.6 Å². The van der Waals surface area contributed by atoms with Crippen LogP contribution < -0.4 is 0 Å². The zero-order valence-electron chi connectivity index (χ0n) is 10.0. The van der Waals surface area contributed by atoms with Gasteiger partial charge in [0.2, 0.25) is 0 Å². The van der Waals surface area contributed by atoms with Crippen LogP contribution in [0.3, 0.4) is 0 Å². The van der Waals surface area contributed by atoms with E-state index in [-0.39, 0.29) is 0 Å². The lowest BCUT2D eigenvalue weighted by molar-refractivity contribution is 0.0417. The van der Waals surface area contributed by atoms with Crippen LogP contribution in [0.2, 0.25) is 0 Å². The highest BCUT2D eigenvalue weighted by Crippen LogP contribution is 2.26. The van der Waals surface area contributed by atoms with E-state index in [9.17, 15) is 0 Å². The number of hydrogen-bond donors (Lipinski definition) is 0. The zero-order valence-corrected chi connectivity index (χ0v) is 11.6. The minimum absolute atomic E-state index is 0.465. The molecule has 0 amide bonds. The third-order valence-electron chi connectivity index (χ3n) is 3.26. The summed E-state index contributed by atoms with van der Waals surface area (Å²) in [5, 5.41) is 4.46. The molecule has 1 aromatic rings. The maximum absolute atomic E-state index is 5.92. The van der Waals surface area contributed by atoms with Crippen molar-refractivity contribution in [2.24, 2.45) is 7.05 Å². The Kier molecular flexibility index (Phi) is 4.03. The number of aromatic nitrogens is 2. The fourth-order valence-corrected chi connectivity index (χ4v) is 2.96. The van der Waals surface area contributed by atoms with Gasteiger partial charge in [0, 0.05) is 7.05 Å². The van der Waals surface area contributed by atoms with Crippen molar-refractivity contribution in [3.05, 3.63) is 15.9 Å². The summed E-state index contributed by atoms with van der Waals surface area (Å²) < 4.78 is 8.97. The maximum atomic E-state index is 5.92. The predicted molar refractivity (Wildman–Crippen MR) is 67.3 cm³/mol. The van der Waals surface area contributed by atoms with E-state index in [0.717, 1.165) is 22.3 Å². The Hall–Kier alpha value is -0.350. The van der Waals surface area contributed by atoms with E-state index in [1.54, 1.807) is 0 Å². The van der Waals surface area contributed by atoms with Crippen LogP contribution in [-0.4, -0.2) is 15.9 Å². The van der Waals surface area contributed by atoms with E-state index in [1.165, 1.54) is 25.7 Å². The SMILES string of the molecule is CCc1nn(C)c(COC2CCCC2)c1Br. The fourth-order valence-electron chi connectivity index (χ4n) is 2.23. The summed E-state index contributed by atoms with van der Waals surface area (Å²) in [5.41, 5.74) is 2.27. The molecule has 0 bridgehead atoms. The molecule has 1 saturated carbocycles. The van der Waals surface area contributed by atoms with Crippen LogP contribution in [0.15, 0.2) is 4.47 Å². The molecule has 16 heavy (non-hydrogen) atoms. The minimum Gasteiger partial charge on any atom is -0.372 e. The number of rotatable bonds is 4. The van der Waals surface area contributed by atoms with Crippen molar-refractivity contribution in [2.75, 3.05) is 0 Å². The second kappa shape index (κ2) is 5.32. The van der Waals surface area contributed by atoms with Crippen molar-refractivity contribution in [2.45, 2.75) is 51.7 Å². The molecule has 0 unspecified atom stereocenters. The molecule has 4 heteroatoms. The van der Waals surface area contributed by atoms with Crippen LogP contribution in [0.5, 0.6) is 0 Å². The first-order valence-electron chi connectivity index (χ1n) is 6.04. The molecule has 1 fully saturated rings. The molecule has 0 atom stereocenters. The smallest absolute Gasteiger partial charge is 0.0900 e. The van der Waals surface area contributed by atoms with Crippen LogP contribution in [0, 0.1) is 0 Å². The fraction of sp³-hybridized carbons (Fsp3) is 0.750. The van der Waals surface area contributed by atoms with E-state index in [0.29, 0.717) is 12.7 Å². The van der Waals surface area contributed by atoms with Crippen molar-refractivity contribution in [1.82, 2.24) is 9.78 Å². The zero-order chi connectivity index (χ0) is 11.5. The Balaban J connectivity index is 2.00. The van der Waals surface area contributed by atoms with E-state index in [1.807, 2.05) is 11.7 Å². The van der Waals surface area contributed by atoms with E-state index < -0.39 is 0 Å². The summed E-state index contributed by atoms with van der Waals surface area (Å²) in [6, 6.07) is 0. The van der Waals surface area contributed by atoms with E-state index in [4.69, 9.17) is 4.74 Å². The summed E-state index contributed by atoms with van der Waals surface area (Å²) >= 11 is 3.61. The van der Waals surface area contributed by atoms with Crippen LogP contribution in [0.4, 0.5) is 0 Å². The van der Waals surface area contributed by atoms with Crippen LogP contribution in [-0.2, 0) is 24.8 Å². The van der Waals surface area contributed by atoms with Gasteiger partial charge in [0.15, 0.2) is 0 Å². The van der Waals surface area contributed by atoms with Crippen molar-refractivity contribution in [3.8, 4) is 0 Å². The highest BCUT2D eigenvalue weighted by molar-refractivity contribution is 9.10. The Labute approximate surface area is 105 Å². The molecule has 1 aromatic heterocycles. The van der Waals surface area contributed by atoms with Gasteiger partial charge in [-0.2, -0.15) is 5.10 Å². The molecular formula is C12H19BrN2O. The molecule has 1 aliphatic rings. The van der Waals surface area contributed by atoms with Gasteiger partial charge in [-0.05, 0) is 35.2 Å². The second-order valence-electron chi connectivity index (χ2n) is 4.40. The molecule has 0 aromatic carbocycles. The van der Waals surface area contributed by atoms with Gasteiger partial charge in [-0.1, -0.05) is 19.8 Å². The lowest BCUT2D eigenvalue weighted by atomic mass is 10.3. The third-order valence-corrected chi connectivity index (χ3v) is 4.18. The molecular weight excluding hydrogens is 268 g/mol. The maximum Gasteiger partial charge on any atom is 0.0900 e. The summed E-state index contributed by atoms with van der Waals surface area (Å²) in [6.07, 6.45) is 6.49. The van der Waals surface area contributed by atoms with Crippen molar-refractivity contribution < 1.29 is 4.74 Å². The largest absolute Gasteiger partial charge is 0.372 e. The standard InChI is InChI=1S/C12H19BrN2O/c1-3-10-12(13)11(15(2)14-10)8-16-9-6-4-5-7-9/h9H,3-8H2,1-2H3. The summed E-state index contributed by atoms with van der Waals surface area (Å²) in [7, 11) is 1.98. The minimum atomic E-state index is 0.465. The Morgan fingerprint density at radius 3 is 2.69 bits per heavy atom. The number of hydrogen-bond acceptors (Lipinski definition) is 2. The monoisotopic (exact) mass is 286 g/mol. The van der Waals surface area contributed by atoms with E-state index >= 15 is 0 Å². The molecule has 3 nitrogen and oxygen atoms in total. The van der Waals surface area contributed by atoms with Crippen molar-refractivity contribution >= 4 is 15.9 Å². The van der Waals surface area contributed by atoms with Crippen LogP contribution >= 0.6 is 15.9 Å². The number of halogens is 1. The van der Waals surface area contributed by atoms with Gasteiger partial charge in [-0.25, -0.2) is 0 Å². The molecule has 2 rings (SSSR count). The van der Waals surface area contributed by atoms with Gasteiger partial charge in [-0.15, -0.1) is 0 Å². The first kappa shape index (κ1) is 12.1. The first-order chi connectivity index (χ1) is 7.72. The lowest BCUT2D eigenvalue weighted by Gasteiger charge is -2.11. The van der Waals surface area contributed by atoms with Crippen LogP contribution in [0.25, 0.3) is 0 Å². The quantitative estimate of drug-likeness (QED) is 0.850. The topological polar surface area (TPSA) is 27.1 Å². The molecule has 90 valence electrons. The van der Waals surface area contributed by atoms with Crippen molar-refractivity contribution in [1.29, 1.82) is 0 Å². The normalized spacial score (nSPS) is 17.2. The second-order valence-corrected chi connectivity index (χ2v) is 5.19. The van der Waals surface area contributed by atoms with Gasteiger partial charge in [0.1, 0.15) is 0 Å². The third kappa shape index (κ3) is 2.48. The lowest BCUT2D eigenvalue weighted by Crippen LogP contribution is -2.09. The summed E-state index contributed by atoms with van der Waals surface area (Å²) in [4.78, 5) is 0. The van der Waals surface area contributed by atoms with Gasteiger partial charge >= 0.3 is 0 Å². The average molecular weight is 287 g/mol. The average Bonchev–Trinajstić information content (AvgIpc) is 2.86. The van der Waals surface area contributed by atoms with Gasteiger partial charge in [-0.3, -0.25) is 4.68 Å². The Morgan fingerprint density at radius 1 is 1.44 bits per heavy atom. The Bertz CT molecular complexity index is 356. The molecule has 1 aliphatic carbocycles. The van der Waals surface area contributed by atoms with E-state index in [2.05, 4.69) is 28.0 Å². The summed E-state index contributed by atoms with van der Waals surface area (Å²) in [5.74, 6) is 0. The number of nitrogens with zero attached hydrogens (tertiary/aromatic N) is 2. The molecule has 0 spiro atoms. The highest BCUT2D eigenvalue weighted by Gasteiger charge is 2.18. The van der Waals surface area contributed by atoms with Gasteiger partial charge in [0.25, 0.3) is 0 Å². The highest BCUT2D eigenvalue weighted by atomic mass is 79.9. The number of ether oxygens (including phenoxy) is 1. The molecule has 0 radical (unpaired) electrons. The summed E-state index contributed by atoms with van der Waals surface area (Å²) in [6.45, 7) is 2.80. The first-order valence-corrected chi connectivity index (χ1v) is 6.83. The van der Waals surface area contributed by atoms with Crippen LogP contribution in [0.1, 0.15) is 44.0 Å². The van der Waals surface area contributed by atoms with Crippen molar-refractivity contribution in [3.63, 3.8) is 0 Å². The predicted octanol–water partition coefficient (Wildman–Crippen LogP) is 3.20. The number of aryl methyl sites for hydroxylation is 2. The molecule has 1 heterocycles. The molecule has 0 saturated heterocycles. The Morgan fingerprint density at radius 2 is 2.12 bits per heavy atom. The van der Waals surface area contributed by atoms with Gasteiger partial charge < -0.3 is 4.74 Å². The molecule has 0 N–H and O–H groups in total.